The van der Waals surface area contributed by atoms with E-state index in [2.05, 4.69) is 22.2 Å². The second-order valence-electron chi connectivity index (χ2n) is 4.97. The minimum Gasteiger partial charge on any atom is -0.381 e. The monoisotopic (exact) mass is 246 g/mol. The average molecular weight is 246 g/mol. The summed E-state index contributed by atoms with van der Waals surface area (Å²) in [5.41, 5.74) is 2.05. The Balaban J connectivity index is 1.90. The summed E-state index contributed by atoms with van der Waals surface area (Å²) in [6.07, 6.45) is 4.67. The van der Waals surface area contributed by atoms with Gasteiger partial charge in [-0.3, -0.25) is 0 Å². The zero-order chi connectivity index (χ0) is 12.5. The van der Waals surface area contributed by atoms with Crippen molar-refractivity contribution < 1.29 is 4.74 Å². The molecule has 3 rings (SSSR count). The number of aromatic nitrogens is 3. The van der Waals surface area contributed by atoms with Gasteiger partial charge in [-0.05, 0) is 18.4 Å². The smallest absolute Gasteiger partial charge is 0.154 e. The molecule has 18 heavy (non-hydrogen) atoms. The third-order valence-electron chi connectivity index (χ3n) is 3.61. The van der Waals surface area contributed by atoms with Crippen molar-refractivity contribution in [3.63, 3.8) is 0 Å². The van der Waals surface area contributed by atoms with Gasteiger partial charge < -0.3 is 14.6 Å². The molecule has 0 spiro atoms. The van der Waals surface area contributed by atoms with Crippen LogP contribution >= 0.6 is 0 Å². The molecule has 1 aliphatic rings. The predicted molar refractivity (Wildman–Crippen MR) is 70.5 cm³/mol. The highest BCUT2D eigenvalue weighted by molar-refractivity contribution is 5.85. The summed E-state index contributed by atoms with van der Waals surface area (Å²) in [5, 5.41) is 3.52. The molecule has 1 fully saturated rings. The van der Waals surface area contributed by atoms with E-state index in [4.69, 9.17) is 4.74 Å². The fourth-order valence-electron chi connectivity index (χ4n) is 2.44. The summed E-state index contributed by atoms with van der Waals surface area (Å²) in [6, 6.07) is 2.40. The summed E-state index contributed by atoms with van der Waals surface area (Å²) >= 11 is 0. The number of imidazole rings is 1. The number of anilines is 1. The first-order valence-electron chi connectivity index (χ1n) is 6.36. The molecule has 1 N–H and O–H groups in total. The topological polar surface area (TPSA) is 52.0 Å². The number of nitrogens with one attached hydrogen (secondary N) is 1. The first-order valence-corrected chi connectivity index (χ1v) is 6.36. The maximum atomic E-state index is 5.46. The highest BCUT2D eigenvalue weighted by Crippen LogP contribution is 2.23. The Morgan fingerprint density at radius 1 is 1.44 bits per heavy atom. The number of ether oxygens (including phenoxy) is 1. The van der Waals surface area contributed by atoms with E-state index >= 15 is 0 Å². The molecule has 0 aromatic carbocycles. The van der Waals surface area contributed by atoms with Crippen molar-refractivity contribution in [3.8, 4) is 0 Å². The molecule has 2 atom stereocenters. The summed E-state index contributed by atoms with van der Waals surface area (Å²) in [7, 11) is 2.00. The lowest BCUT2D eigenvalue weighted by atomic mass is 9.98. The highest BCUT2D eigenvalue weighted by atomic mass is 16.5. The van der Waals surface area contributed by atoms with Crippen LogP contribution in [0.3, 0.4) is 0 Å². The molecular weight excluding hydrogens is 228 g/mol. The lowest BCUT2D eigenvalue weighted by Crippen LogP contribution is -2.36. The second kappa shape index (κ2) is 4.57. The van der Waals surface area contributed by atoms with Crippen LogP contribution in [0.4, 0.5) is 5.82 Å². The van der Waals surface area contributed by atoms with Gasteiger partial charge in [-0.1, -0.05) is 6.92 Å². The quantitative estimate of drug-likeness (QED) is 0.878. The van der Waals surface area contributed by atoms with Gasteiger partial charge in [0.1, 0.15) is 5.52 Å². The molecule has 3 heterocycles. The van der Waals surface area contributed by atoms with E-state index in [1.807, 2.05) is 30.2 Å². The van der Waals surface area contributed by atoms with Crippen LogP contribution < -0.4 is 5.32 Å². The fraction of sp³-hybridized carbons (Fsp3) is 0.538. The standard InChI is InChI=1S/C13H18N4O/c1-9-7-18-6-4-10(9)16-13-12-11(3-5-14-13)17(2)8-15-12/h3,5,8-10H,4,6-7H2,1-2H3,(H,14,16). The zero-order valence-electron chi connectivity index (χ0n) is 10.8. The second-order valence-corrected chi connectivity index (χ2v) is 4.97. The molecule has 96 valence electrons. The first kappa shape index (κ1) is 11.5. The first-order chi connectivity index (χ1) is 8.75. The molecule has 1 aliphatic heterocycles. The summed E-state index contributed by atoms with van der Waals surface area (Å²) in [4.78, 5) is 8.84. The number of pyridine rings is 1. The lowest BCUT2D eigenvalue weighted by molar-refractivity contribution is 0.0537. The molecule has 5 heteroatoms. The molecule has 0 saturated carbocycles. The highest BCUT2D eigenvalue weighted by Gasteiger charge is 2.23. The summed E-state index contributed by atoms with van der Waals surface area (Å²) in [6.45, 7) is 3.84. The van der Waals surface area contributed by atoms with Crippen molar-refractivity contribution in [2.24, 2.45) is 13.0 Å². The van der Waals surface area contributed by atoms with E-state index in [1.54, 1.807) is 0 Å². The number of nitrogens with zero attached hydrogens (tertiary/aromatic N) is 3. The Labute approximate surface area is 106 Å². The van der Waals surface area contributed by atoms with Gasteiger partial charge in [0.2, 0.25) is 0 Å². The SMILES string of the molecule is CC1COCCC1Nc1nccc2c1ncn2C. The molecule has 0 aliphatic carbocycles. The minimum atomic E-state index is 0.416. The van der Waals surface area contributed by atoms with Crippen LogP contribution in [0.15, 0.2) is 18.6 Å². The molecule has 2 aromatic heterocycles. The third kappa shape index (κ3) is 1.95. The van der Waals surface area contributed by atoms with E-state index in [0.717, 1.165) is 36.5 Å². The van der Waals surface area contributed by atoms with Crippen molar-refractivity contribution in [2.45, 2.75) is 19.4 Å². The maximum Gasteiger partial charge on any atom is 0.154 e. The number of fused-ring (bicyclic) bond motifs is 1. The number of aryl methyl sites for hydroxylation is 1. The van der Waals surface area contributed by atoms with Gasteiger partial charge in [-0.2, -0.15) is 0 Å². The average Bonchev–Trinajstić information content (AvgIpc) is 2.76. The third-order valence-corrected chi connectivity index (χ3v) is 3.61. The molecule has 5 nitrogen and oxygen atoms in total. The largest absolute Gasteiger partial charge is 0.381 e. The molecule has 1 saturated heterocycles. The van der Waals surface area contributed by atoms with Gasteiger partial charge in [0.25, 0.3) is 0 Å². The molecule has 0 bridgehead atoms. The molecule has 2 unspecified atom stereocenters. The molecular formula is C13H18N4O. The Kier molecular flexibility index (Phi) is 2.91. The van der Waals surface area contributed by atoms with Crippen LogP contribution in [0, 0.1) is 5.92 Å². The Morgan fingerprint density at radius 3 is 3.17 bits per heavy atom. The van der Waals surface area contributed by atoms with Crippen LogP contribution in [0.5, 0.6) is 0 Å². The summed E-state index contributed by atoms with van der Waals surface area (Å²) in [5.74, 6) is 1.38. The van der Waals surface area contributed by atoms with Gasteiger partial charge >= 0.3 is 0 Å². The molecule has 0 amide bonds. The van der Waals surface area contributed by atoms with E-state index in [0.29, 0.717) is 12.0 Å². The van der Waals surface area contributed by atoms with E-state index in [1.165, 1.54) is 0 Å². The summed E-state index contributed by atoms with van der Waals surface area (Å²) < 4.78 is 7.47. The van der Waals surface area contributed by atoms with Crippen molar-refractivity contribution in [1.29, 1.82) is 0 Å². The lowest BCUT2D eigenvalue weighted by Gasteiger charge is -2.29. The van der Waals surface area contributed by atoms with Crippen LogP contribution in [0.2, 0.25) is 0 Å². The van der Waals surface area contributed by atoms with Crippen molar-refractivity contribution in [1.82, 2.24) is 14.5 Å². The van der Waals surface area contributed by atoms with Crippen LogP contribution in [-0.2, 0) is 11.8 Å². The Hall–Kier alpha value is -1.62. The Morgan fingerprint density at radius 2 is 2.33 bits per heavy atom. The van der Waals surface area contributed by atoms with Gasteiger partial charge in [0.05, 0.1) is 18.5 Å². The number of hydrogen-bond donors (Lipinski definition) is 1. The fourth-order valence-corrected chi connectivity index (χ4v) is 2.44. The normalized spacial score (nSPS) is 24.3. The van der Waals surface area contributed by atoms with Gasteiger partial charge in [0.15, 0.2) is 5.82 Å². The predicted octanol–water partition coefficient (Wildman–Crippen LogP) is 1.81. The Bertz CT molecular complexity index is 551. The van der Waals surface area contributed by atoms with Crippen LogP contribution in [-0.4, -0.2) is 33.8 Å². The molecule has 0 radical (unpaired) electrons. The van der Waals surface area contributed by atoms with Gasteiger partial charge in [0, 0.05) is 25.9 Å². The van der Waals surface area contributed by atoms with Crippen LogP contribution in [0.25, 0.3) is 11.0 Å². The van der Waals surface area contributed by atoms with E-state index in [-0.39, 0.29) is 0 Å². The van der Waals surface area contributed by atoms with Gasteiger partial charge in [-0.15, -0.1) is 0 Å². The van der Waals surface area contributed by atoms with Crippen molar-refractivity contribution in [3.05, 3.63) is 18.6 Å². The van der Waals surface area contributed by atoms with Crippen LogP contribution in [0.1, 0.15) is 13.3 Å². The molecule has 2 aromatic rings. The number of rotatable bonds is 2. The van der Waals surface area contributed by atoms with Gasteiger partial charge in [-0.25, -0.2) is 9.97 Å². The minimum absolute atomic E-state index is 0.416. The van der Waals surface area contributed by atoms with E-state index in [9.17, 15) is 0 Å². The van der Waals surface area contributed by atoms with Crippen molar-refractivity contribution in [2.75, 3.05) is 18.5 Å². The van der Waals surface area contributed by atoms with Crippen molar-refractivity contribution >= 4 is 16.9 Å². The number of hydrogen-bond acceptors (Lipinski definition) is 4. The maximum absolute atomic E-state index is 5.46. The zero-order valence-corrected chi connectivity index (χ0v) is 10.8. The van der Waals surface area contributed by atoms with E-state index < -0.39 is 0 Å².